The van der Waals surface area contributed by atoms with Crippen LogP contribution in [-0.4, -0.2) is 83.8 Å². The number of cyclic esters (lactones) is 1. The highest BCUT2D eigenvalue weighted by Crippen LogP contribution is 2.53. The van der Waals surface area contributed by atoms with Gasteiger partial charge in [0.15, 0.2) is 0 Å². The van der Waals surface area contributed by atoms with Crippen molar-refractivity contribution in [2.75, 3.05) is 31.1 Å². The van der Waals surface area contributed by atoms with Crippen molar-refractivity contribution in [2.24, 2.45) is 11.8 Å². The zero-order chi connectivity index (χ0) is 28.7. The summed E-state index contributed by atoms with van der Waals surface area (Å²) in [7, 11) is 0. The molecular weight excluding hydrogens is 526 g/mol. The van der Waals surface area contributed by atoms with Crippen molar-refractivity contribution in [3.8, 4) is 0 Å². The number of likely N-dealkylation sites (tertiary alicyclic amines) is 1. The number of aliphatic hydroxyl groups is 1. The lowest BCUT2D eigenvalue weighted by atomic mass is 9.78. The van der Waals surface area contributed by atoms with Gasteiger partial charge in [-0.3, -0.25) is 19.2 Å². The molecule has 0 aromatic heterocycles. The fraction of sp³-hybridized carbons (Fsp3) is 0.419. The number of carbonyl (C=O) groups is 4. The van der Waals surface area contributed by atoms with E-state index in [-0.39, 0.29) is 44.5 Å². The van der Waals surface area contributed by atoms with Crippen LogP contribution in [0.4, 0.5) is 5.69 Å². The van der Waals surface area contributed by atoms with Gasteiger partial charge in [0.25, 0.3) is 5.91 Å². The Morgan fingerprint density at radius 2 is 1.85 bits per heavy atom. The van der Waals surface area contributed by atoms with E-state index in [2.05, 4.69) is 5.32 Å². The van der Waals surface area contributed by atoms with Crippen LogP contribution in [0.5, 0.6) is 0 Å². The molecule has 1 spiro atoms. The van der Waals surface area contributed by atoms with Crippen molar-refractivity contribution >= 4 is 40.2 Å². The number of nitrogens with one attached hydrogen (secondary N) is 1. The summed E-state index contributed by atoms with van der Waals surface area (Å²) in [5, 5.41) is 14.6. The molecule has 0 unspecified atom stereocenters. The Morgan fingerprint density at radius 3 is 2.66 bits per heavy atom. The number of fused-ring (bicyclic) bond motifs is 3. The number of carbonyl (C=O) groups excluding carboxylic acids is 4. The number of rotatable bonds is 3. The Bertz CT molecular complexity index is 1450. The van der Waals surface area contributed by atoms with Crippen LogP contribution in [0.25, 0.3) is 10.8 Å². The highest BCUT2D eigenvalue weighted by Gasteiger charge is 2.71. The molecule has 0 bridgehead atoms. The summed E-state index contributed by atoms with van der Waals surface area (Å²) in [6.07, 6.45) is 6.25. The molecule has 6 rings (SSSR count). The van der Waals surface area contributed by atoms with Gasteiger partial charge in [0.1, 0.15) is 23.7 Å². The quantitative estimate of drug-likeness (QED) is 0.433. The molecule has 41 heavy (non-hydrogen) atoms. The van der Waals surface area contributed by atoms with E-state index < -0.39 is 47.6 Å². The number of nitrogens with zero attached hydrogens (tertiary/aromatic N) is 2. The maximum Gasteiger partial charge on any atom is 0.313 e. The van der Waals surface area contributed by atoms with E-state index >= 15 is 0 Å². The first-order valence-corrected chi connectivity index (χ1v) is 14.0. The number of β-amino-alcohol motifs (C(OH)–C–C–N with tert-alkyl or cyclic N) is 1. The number of esters is 1. The number of aliphatic hydroxyl groups excluding tert-OH is 1. The number of anilines is 1. The Morgan fingerprint density at radius 1 is 1.05 bits per heavy atom. The van der Waals surface area contributed by atoms with Crippen molar-refractivity contribution < 1.29 is 33.8 Å². The second kappa shape index (κ2) is 10.8. The monoisotopic (exact) mass is 559 g/mol. The molecule has 2 aromatic carbocycles. The molecule has 4 aliphatic rings. The van der Waals surface area contributed by atoms with Crippen LogP contribution in [0.1, 0.15) is 19.8 Å². The normalized spacial score (nSPS) is 32.8. The van der Waals surface area contributed by atoms with Gasteiger partial charge in [-0.05, 0) is 36.2 Å². The van der Waals surface area contributed by atoms with E-state index in [4.69, 9.17) is 9.47 Å². The van der Waals surface area contributed by atoms with E-state index in [0.29, 0.717) is 12.1 Å². The Hall–Kier alpha value is -4.02. The highest BCUT2D eigenvalue weighted by atomic mass is 16.6. The predicted molar refractivity (Wildman–Crippen MR) is 150 cm³/mol. The van der Waals surface area contributed by atoms with E-state index in [9.17, 15) is 24.3 Å². The number of amides is 3. The largest absolute Gasteiger partial charge is 0.460 e. The van der Waals surface area contributed by atoms with Gasteiger partial charge in [0, 0.05) is 25.2 Å². The van der Waals surface area contributed by atoms with Crippen molar-refractivity contribution in [1.82, 2.24) is 10.2 Å². The zero-order valence-electron chi connectivity index (χ0n) is 22.8. The lowest BCUT2D eigenvalue weighted by molar-refractivity contribution is -0.158. The van der Waals surface area contributed by atoms with Gasteiger partial charge in [-0.15, -0.1) is 0 Å². The Labute approximate surface area is 237 Å². The molecular formula is C31H33N3O7. The van der Waals surface area contributed by atoms with Crippen molar-refractivity contribution in [3.05, 3.63) is 66.8 Å². The van der Waals surface area contributed by atoms with Crippen LogP contribution in [-0.2, 0) is 28.7 Å². The number of hydrogen-bond acceptors (Lipinski definition) is 7. The van der Waals surface area contributed by atoms with Gasteiger partial charge in [0.05, 0.1) is 25.2 Å². The second-order valence-corrected chi connectivity index (χ2v) is 11.0. The average Bonchev–Trinajstić information content (AvgIpc) is 3.34. The van der Waals surface area contributed by atoms with Crippen LogP contribution in [0.3, 0.4) is 0 Å². The van der Waals surface area contributed by atoms with Crippen LogP contribution < -0.4 is 10.2 Å². The van der Waals surface area contributed by atoms with Gasteiger partial charge >= 0.3 is 5.97 Å². The molecule has 2 saturated heterocycles. The maximum absolute atomic E-state index is 14.4. The standard InChI is InChI=1S/C31H33N3O7/c1-19-18-32-24(36)10-5-4-9-23-25(30(39)40-19)26-28(37)34(15-16-35)27-29(38)33(14-6-13-31(26,27)41-23)22-12-11-20-7-2-3-8-21(20)17-22/h2-4,6-9,11-13,17,19,23,25-27,35H,5,10,14-16,18H2,1H3,(H,32,36)/b9-4-/t19-,23-,25+,26+,27-,31+/m0/s1. The van der Waals surface area contributed by atoms with E-state index in [0.717, 1.165) is 10.8 Å². The average molecular weight is 560 g/mol. The molecule has 10 nitrogen and oxygen atoms in total. The number of allylic oxidation sites excluding steroid dienone is 1. The van der Waals surface area contributed by atoms with Gasteiger partial charge < -0.3 is 29.7 Å². The Balaban J connectivity index is 1.41. The van der Waals surface area contributed by atoms with E-state index in [1.165, 1.54) is 4.90 Å². The zero-order valence-corrected chi connectivity index (χ0v) is 22.8. The van der Waals surface area contributed by atoms with Crippen molar-refractivity contribution in [1.29, 1.82) is 0 Å². The smallest absolute Gasteiger partial charge is 0.313 e. The number of benzene rings is 2. The molecule has 0 saturated carbocycles. The third-order valence-corrected chi connectivity index (χ3v) is 8.42. The van der Waals surface area contributed by atoms with Crippen LogP contribution in [0, 0.1) is 11.8 Å². The summed E-state index contributed by atoms with van der Waals surface area (Å²) in [5.74, 6) is -3.60. The summed E-state index contributed by atoms with van der Waals surface area (Å²) in [6.45, 7) is 1.63. The molecule has 2 aromatic rings. The lowest BCUT2D eigenvalue weighted by Gasteiger charge is -2.35. The highest BCUT2D eigenvalue weighted by molar-refractivity contribution is 6.06. The molecule has 3 amide bonds. The molecule has 4 aliphatic heterocycles. The topological polar surface area (TPSA) is 125 Å². The fourth-order valence-electron chi connectivity index (χ4n) is 6.59. The molecule has 0 aliphatic carbocycles. The third-order valence-electron chi connectivity index (χ3n) is 8.42. The minimum Gasteiger partial charge on any atom is -0.460 e. The van der Waals surface area contributed by atoms with Crippen LogP contribution in [0.2, 0.25) is 0 Å². The van der Waals surface area contributed by atoms with Gasteiger partial charge in [-0.2, -0.15) is 0 Å². The molecule has 10 heteroatoms. The van der Waals surface area contributed by atoms with Gasteiger partial charge in [-0.25, -0.2) is 0 Å². The predicted octanol–water partition coefficient (Wildman–Crippen LogP) is 1.71. The Kier molecular flexibility index (Phi) is 7.13. The number of hydrogen-bond donors (Lipinski definition) is 2. The number of ether oxygens (including phenoxy) is 2. The lowest BCUT2D eigenvalue weighted by Crippen LogP contribution is -2.55. The molecule has 2 fully saturated rings. The van der Waals surface area contributed by atoms with Gasteiger partial charge in [-0.1, -0.05) is 54.6 Å². The molecule has 4 heterocycles. The molecule has 2 N–H and O–H groups in total. The molecule has 0 radical (unpaired) electrons. The van der Waals surface area contributed by atoms with Gasteiger partial charge in [0.2, 0.25) is 11.8 Å². The molecule has 214 valence electrons. The minimum atomic E-state index is -1.44. The maximum atomic E-state index is 14.4. The summed E-state index contributed by atoms with van der Waals surface area (Å²) in [6, 6.07) is 12.5. The summed E-state index contributed by atoms with van der Waals surface area (Å²) < 4.78 is 12.3. The van der Waals surface area contributed by atoms with Crippen molar-refractivity contribution in [2.45, 2.75) is 43.6 Å². The second-order valence-electron chi connectivity index (χ2n) is 11.0. The van der Waals surface area contributed by atoms with Crippen LogP contribution in [0.15, 0.2) is 66.8 Å². The van der Waals surface area contributed by atoms with E-state index in [1.54, 1.807) is 30.1 Å². The summed E-state index contributed by atoms with van der Waals surface area (Å²) in [5.41, 5.74) is -0.768. The first-order valence-electron chi connectivity index (χ1n) is 14.0. The SMILES string of the molecule is C[C@H]1CNC(=O)CC/C=C\[C@@H]2O[C@@]34C=CCN(c5ccc6ccccc6c5)C(=O)[C@@H]3N(CCO)C(=O)[C@H]4[C@@H]2C(=O)O1. The minimum absolute atomic E-state index is 0.0824. The summed E-state index contributed by atoms with van der Waals surface area (Å²) in [4.78, 5) is 57.1. The summed E-state index contributed by atoms with van der Waals surface area (Å²) >= 11 is 0. The van der Waals surface area contributed by atoms with Crippen LogP contribution >= 0.6 is 0 Å². The fourth-order valence-corrected chi connectivity index (χ4v) is 6.59. The first-order chi connectivity index (χ1) is 19.8. The van der Waals surface area contributed by atoms with E-state index in [1.807, 2.05) is 48.5 Å². The molecule has 6 atom stereocenters. The third kappa shape index (κ3) is 4.61. The van der Waals surface area contributed by atoms with Crippen molar-refractivity contribution in [3.63, 3.8) is 0 Å². The first kappa shape index (κ1) is 27.2.